The van der Waals surface area contributed by atoms with Gasteiger partial charge in [0, 0.05) is 12.3 Å². The van der Waals surface area contributed by atoms with E-state index in [-0.39, 0.29) is 11.7 Å². The van der Waals surface area contributed by atoms with Crippen LogP contribution in [-0.4, -0.2) is 11.4 Å². The molecular formula is C7H8O2. The molecule has 1 atom stereocenters. The second-order valence-corrected chi connectivity index (χ2v) is 2.05. The summed E-state index contributed by atoms with van der Waals surface area (Å²) in [5, 5.41) is 8.86. The van der Waals surface area contributed by atoms with Gasteiger partial charge in [-0.2, -0.15) is 0 Å². The number of rotatable bonds is 1. The first-order valence-corrected chi connectivity index (χ1v) is 2.84. The van der Waals surface area contributed by atoms with E-state index in [1.807, 2.05) is 0 Å². The summed E-state index contributed by atoms with van der Waals surface area (Å²) in [5.41, 5.74) is 0. The third-order valence-electron chi connectivity index (χ3n) is 1.27. The van der Waals surface area contributed by atoms with E-state index >= 15 is 0 Å². The molecule has 0 aromatic heterocycles. The fourth-order valence-corrected chi connectivity index (χ4v) is 0.780. The number of carbonyl (C=O) groups is 1. The summed E-state index contributed by atoms with van der Waals surface area (Å²) in [6, 6.07) is 0. The van der Waals surface area contributed by atoms with Crippen LogP contribution in [0.5, 0.6) is 0 Å². The zero-order chi connectivity index (χ0) is 6.69. The molecule has 0 saturated carbocycles. The zero-order valence-corrected chi connectivity index (χ0v) is 4.95. The molecule has 1 aliphatic rings. The van der Waals surface area contributed by atoms with Crippen molar-refractivity contribution in [1.82, 2.24) is 0 Å². The average Bonchev–Trinajstić information content (AvgIpc) is 1.88. The van der Waals surface area contributed by atoms with Crippen LogP contribution in [0.4, 0.5) is 0 Å². The molecule has 2 heteroatoms. The molecule has 0 amide bonds. The van der Waals surface area contributed by atoms with Crippen LogP contribution in [0.2, 0.25) is 0 Å². The SMILES string of the molecule is O=CC1C=CC=C(O)C1. The third kappa shape index (κ3) is 1.42. The summed E-state index contributed by atoms with van der Waals surface area (Å²) in [4.78, 5) is 10.1. The summed E-state index contributed by atoms with van der Waals surface area (Å²) < 4.78 is 0. The van der Waals surface area contributed by atoms with E-state index in [1.54, 1.807) is 18.2 Å². The van der Waals surface area contributed by atoms with Crippen molar-refractivity contribution in [2.24, 2.45) is 5.92 Å². The molecule has 1 aliphatic carbocycles. The molecule has 0 heterocycles. The summed E-state index contributed by atoms with van der Waals surface area (Å²) in [7, 11) is 0. The topological polar surface area (TPSA) is 37.3 Å². The number of hydrogen-bond acceptors (Lipinski definition) is 2. The second kappa shape index (κ2) is 2.49. The summed E-state index contributed by atoms with van der Waals surface area (Å²) in [6.45, 7) is 0. The van der Waals surface area contributed by atoms with Crippen molar-refractivity contribution in [2.75, 3.05) is 0 Å². The van der Waals surface area contributed by atoms with Crippen molar-refractivity contribution in [1.29, 1.82) is 0 Å². The minimum Gasteiger partial charge on any atom is -0.512 e. The van der Waals surface area contributed by atoms with Crippen LogP contribution in [-0.2, 0) is 4.79 Å². The number of aldehydes is 1. The van der Waals surface area contributed by atoms with Gasteiger partial charge in [0.1, 0.15) is 6.29 Å². The average molecular weight is 124 g/mol. The Kier molecular flexibility index (Phi) is 1.68. The van der Waals surface area contributed by atoms with Gasteiger partial charge in [-0.25, -0.2) is 0 Å². The Bertz CT molecular complexity index is 168. The molecular weight excluding hydrogens is 116 g/mol. The molecule has 1 unspecified atom stereocenters. The monoisotopic (exact) mass is 124 g/mol. The van der Waals surface area contributed by atoms with E-state index in [0.717, 1.165) is 6.29 Å². The van der Waals surface area contributed by atoms with Gasteiger partial charge < -0.3 is 9.90 Å². The first kappa shape index (κ1) is 6.08. The Labute approximate surface area is 53.5 Å². The summed E-state index contributed by atoms with van der Waals surface area (Å²) >= 11 is 0. The van der Waals surface area contributed by atoms with Gasteiger partial charge in [-0.05, 0) is 6.08 Å². The lowest BCUT2D eigenvalue weighted by Gasteiger charge is -2.06. The molecule has 9 heavy (non-hydrogen) atoms. The number of hydrogen-bond donors (Lipinski definition) is 1. The standard InChI is InChI=1S/C7H8O2/c8-5-6-2-1-3-7(9)4-6/h1-3,5-6,9H,4H2. The molecule has 48 valence electrons. The van der Waals surface area contributed by atoms with Gasteiger partial charge in [0.2, 0.25) is 0 Å². The predicted octanol–water partition coefficient (Wildman–Crippen LogP) is 1.20. The van der Waals surface area contributed by atoms with E-state index in [4.69, 9.17) is 5.11 Å². The summed E-state index contributed by atoms with van der Waals surface area (Å²) in [6.07, 6.45) is 6.35. The fraction of sp³-hybridized carbons (Fsp3) is 0.286. The van der Waals surface area contributed by atoms with Gasteiger partial charge in [-0.3, -0.25) is 0 Å². The van der Waals surface area contributed by atoms with Gasteiger partial charge in [-0.15, -0.1) is 0 Å². The molecule has 1 rings (SSSR count). The van der Waals surface area contributed by atoms with Crippen molar-refractivity contribution in [3.05, 3.63) is 24.0 Å². The first-order valence-electron chi connectivity index (χ1n) is 2.84. The van der Waals surface area contributed by atoms with Crippen LogP contribution in [0, 0.1) is 5.92 Å². The fourth-order valence-electron chi connectivity index (χ4n) is 0.780. The van der Waals surface area contributed by atoms with Crippen molar-refractivity contribution >= 4 is 6.29 Å². The van der Waals surface area contributed by atoms with Crippen LogP contribution >= 0.6 is 0 Å². The Morgan fingerprint density at radius 3 is 3.00 bits per heavy atom. The highest BCUT2D eigenvalue weighted by Gasteiger charge is 2.07. The van der Waals surface area contributed by atoms with Gasteiger partial charge >= 0.3 is 0 Å². The molecule has 0 aromatic carbocycles. The summed E-state index contributed by atoms with van der Waals surface area (Å²) in [5.74, 6) is 0.171. The van der Waals surface area contributed by atoms with Crippen molar-refractivity contribution in [3.8, 4) is 0 Å². The Morgan fingerprint density at radius 2 is 2.56 bits per heavy atom. The Balaban J connectivity index is 2.61. The lowest BCUT2D eigenvalue weighted by Crippen LogP contribution is -2.02. The molecule has 0 saturated heterocycles. The number of aliphatic hydroxyl groups excluding tert-OH is 1. The molecule has 0 bridgehead atoms. The molecule has 0 fully saturated rings. The Morgan fingerprint density at radius 1 is 1.78 bits per heavy atom. The first-order chi connectivity index (χ1) is 4.33. The quantitative estimate of drug-likeness (QED) is 0.533. The lowest BCUT2D eigenvalue weighted by molar-refractivity contribution is -0.110. The minimum absolute atomic E-state index is 0.116. The van der Waals surface area contributed by atoms with Gasteiger partial charge in [0.25, 0.3) is 0 Å². The van der Waals surface area contributed by atoms with Crippen molar-refractivity contribution < 1.29 is 9.90 Å². The molecule has 0 aliphatic heterocycles. The molecule has 2 nitrogen and oxygen atoms in total. The van der Waals surface area contributed by atoms with Crippen LogP contribution in [0.15, 0.2) is 24.0 Å². The van der Waals surface area contributed by atoms with Crippen molar-refractivity contribution in [2.45, 2.75) is 6.42 Å². The van der Waals surface area contributed by atoms with E-state index in [1.165, 1.54) is 0 Å². The smallest absolute Gasteiger partial charge is 0.127 e. The maximum absolute atomic E-state index is 10.1. The van der Waals surface area contributed by atoms with Crippen LogP contribution in [0.3, 0.4) is 0 Å². The van der Waals surface area contributed by atoms with Gasteiger partial charge in [0.15, 0.2) is 0 Å². The molecule has 1 N–H and O–H groups in total. The maximum atomic E-state index is 10.1. The Hall–Kier alpha value is -1.05. The van der Waals surface area contributed by atoms with E-state index in [9.17, 15) is 4.79 Å². The van der Waals surface area contributed by atoms with E-state index in [0.29, 0.717) is 6.42 Å². The van der Waals surface area contributed by atoms with E-state index in [2.05, 4.69) is 0 Å². The number of allylic oxidation sites excluding steroid dienone is 4. The number of aliphatic hydroxyl groups is 1. The van der Waals surface area contributed by atoms with Crippen LogP contribution < -0.4 is 0 Å². The maximum Gasteiger partial charge on any atom is 0.127 e. The van der Waals surface area contributed by atoms with Gasteiger partial charge in [-0.1, -0.05) is 12.2 Å². The van der Waals surface area contributed by atoms with Crippen LogP contribution in [0.25, 0.3) is 0 Å². The third-order valence-corrected chi connectivity index (χ3v) is 1.27. The van der Waals surface area contributed by atoms with Crippen molar-refractivity contribution in [3.63, 3.8) is 0 Å². The highest BCUT2D eigenvalue weighted by molar-refractivity contribution is 5.58. The second-order valence-electron chi connectivity index (χ2n) is 2.05. The van der Waals surface area contributed by atoms with E-state index < -0.39 is 0 Å². The van der Waals surface area contributed by atoms with Crippen LogP contribution in [0.1, 0.15) is 6.42 Å². The minimum atomic E-state index is -0.116. The predicted molar refractivity (Wildman–Crippen MR) is 34.0 cm³/mol. The zero-order valence-electron chi connectivity index (χ0n) is 4.95. The van der Waals surface area contributed by atoms with Gasteiger partial charge in [0.05, 0.1) is 5.76 Å². The largest absolute Gasteiger partial charge is 0.512 e. The number of carbonyl (C=O) groups excluding carboxylic acids is 1. The molecule has 0 radical (unpaired) electrons. The highest BCUT2D eigenvalue weighted by Crippen LogP contribution is 2.13. The highest BCUT2D eigenvalue weighted by atomic mass is 16.3. The lowest BCUT2D eigenvalue weighted by atomic mass is 10.0. The molecule has 0 spiro atoms. The normalized spacial score (nSPS) is 25.3. The molecule has 0 aromatic rings.